The number of amidine groups is 1. The van der Waals surface area contributed by atoms with Gasteiger partial charge in [-0.15, -0.1) is 0 Å². The lowest BCUT2D eigenvalue weighted by molar-refractivity contribution is -0.344. The number of esters is 1. The number of benzene rings is 4. The summed E-state index contributed by atoms with van der Waals surface area (Å²) in [6.45, 7) is 0. The predicted octanol–water partition coefficient (Wildman–Crippen LogP) is 2.98. The quantitative estimate of drug-likeness (QED) is 0.116. The van der Waals surface area contributed by atoms with Crippen molar-refractivity contribution in [3.05, 3.63) is 125 Å². The second-order valence-electron chi connectivity index (χ2n) is 10.7. The highest BCUT2D eigenvalue weighted by Crippen LogP contribution is 2.32. The fourth-order valence-corrected chi connectivity index (χ4v) is 4.77. The fraction of sp³-hybridized carbons (Fsp3) is 0.189. The highest BCUT2D eigenvalue weighted by molar-refractivity contribution is 5.95. The van der Waals surface area contributed by atoms with Gasteiger partial charge in [-0.1, -0.05) is 72.8 Å². The van der Waals surface area contributed by atoms with E-state index in [1.807, 2.05) is 91.0 Å². The number of hydrogen-bond donors (Lipinski definition) is 3. The van der Waals surface area contributed by atoms with Gasteiger partial charge in [-0.05, 0) is 65.1 Å². The number of hydrogen-bond acceptors (Lipinski definition) is 7. The second-order valence-corrected chi connectivity index (χ2v) is 10.7. The Bertz CT molecular complexity index is 1810. The molecule has 0 fully saturated rings. The zero-order valence-electron chi connectivity index (χ0n) is 27.4. The normalized spacial score (nSPS) is 12.1. The summed E-state index contributed by atoms with van der Waals surface area (Å²) in [5, 5.41) is 17.6. The van der Waals surface area contributed by atoms with Crippen molar-refractivity contribution in [3.8, 4) is 22.6 Å². The number of nitrogens with one attached hydrogen (secondary N) is 1. The Kier molecular flexibility index (Phi) is 13.7. The first-order valence-corrected chi connectivity index (χ1v) is 15.0. The molecule has 0 saturated carbocycles. The summed E-state index contributed by atoms with van der Waals surface area (Å²) in [7, 11) is 4.51. The number of methoxy groups -OCH3 is 3. The van der Waals surface area contributed by atoms with Gasteiger partial charge in [0.15, 0.2) is 11.5 Å². The minimum Gasteiger partial charge on any atom is -0.542 e. The summed E-state index contributed by atoms with van der Waals surface area (Å²) in [4.78, 5) is 35.4. The molecule has 0 aliphatic carbocycles. The molecule has 0 spiro atoms. The summed E-state index contributed by atoms with van der Waals surface area (Å²) < 4.78 is 47.5. The van der Waals surface area contributed by atoms with E-state index in [0.717, 1.165) is 22.3 Å². The van der Waals surface area contributed by atoms with Crippen LogP contribution in [0, 0.1) is 5.92 Å². The lowest BCUT2D eigenvalue weighted by atomic mass is 9.90. The first kappa shape index (κ1) is 38.3. The number of aliphatic carboxylic acids is 1. The maximum atomic E-state index is 13.5. The molecule has 0 radical (unpaired) electrons. The zero-order chi connectivity index (χ0) is 36.8. The number of carboxylic acid groups (broad SMARTS) is 1. The molecule has 4 rings (SSSR count). The molecule has 0 heterocycles. The van der Waals surface area contributed by atoms with Gasteiger partial charge in [-0.2, -0.15) is 13.2 Å². The molecule has 13 heteroatoms. The van der Waals surface area contributed by atoms with Crippen LogP contribution in [0.4, 0.5) is 13.2 Å². The molecular weight excluding hydrogens is 655 g/mol. The van der Waals surface area contributed by atoms with Crippen LogP contribution >= 0.6 is 0 Å². The molecule has 2 atom stereocenters. The van der Waals surface area contributed by atoms with Crippen molar-refractivity contribution in [1.29, 1.82) is 0 Å². The van der Waals surface area contributed by atoms with Gasteiger partial charge in [0.1, 0.15) is 5.97 Å². The van der Waals surface area contributed by atoms with E-state index >= 15 is 0 Å². The molecule has 0 aromatic heterocycles. The van der Waals surface area contributed by atoms with E-state index < -0.39 is 30.1 Å². The molecule has 0 bridgehead atoms. The molecule has 0 aliphatic heterocycles. The number of ether oxygens (including phenoxy) is 3. The Morgan fingerprint density at radius 3 is 2.02 bits per heavy atom. The lowest BCUT2D eigenvalue weighted by Gasteiger charge is -2.24. The Morgan fingerprint density at radius 2 is 1.46 bits per heavy atom. The van der Waals surface area contributed by atoms with Crippen molar-refractivity contribution >= 4 is 29.8 Å². The summed E-state index contributed by atoms with van der Waals surface area (Å²) in [6.07, 6.45) is -1.21. The topological polar surface area (TPSA) is 166 Å². The maximum absolute atomic E-state index is 13.5. The highest BCUT2D eigenvalue weighted by Gasteiger charge is 2.30. The second kappa shape index (κ2) is 17.9. The van der Waals surface area contributed by atoms with Crippen LogP contribution in [0.5, 0.6) is 11.5 Å². The third-order valence-corrected chi connectivity index (χ3v) is 7.34. The minimum absolute atomic E-state index is 0.182. The molecule has 10 nitrogen and oxygen atoms in total. The Labute approximate surface area is 286 Å². The molecule has 50 heavy (non-hydrogen) atoms. The molecule has 4 aromatic carbocycles. The standard InChI is InChI=1S/C35H35N3O5.C2HF3O2/c1-41-31-19-17-27(22-32(31)42-2)25-13-15-26(16-14-25)34(39)38-30(18-12-23-8-5-4-6-9-23)29(35(40)43-3)21-24-10-7-11-28(20-24)33(36)37;3-2(4,5)1(6)7/h4-20,22,29-30H,21H2,1-3H3,(H3,36,37)(H,38,39);(H,6,7)/b18-12+;/t29-,30-;/m1./s1. The lowest BCUT2D eigenvalue weighted by Crippen LogP contribution is -2.46. The maximum Gasteiger partial charge on any atom is 0.430 e. The van der Waals surface area contributed by atoms with Crippen LogP contribution in [-0.2, 0) is 20.7 Å². The largest absolute Gasteiger partial charge is 0.542 e. The van der Waals surface area contributed by atoms with Crippen molar-refractivity contribution in [3.63, 3.8) is 0 Å². The van der Waals surface area contributed by atoms with Gasteiger partial charge in [0.05, 0.1) is 38.9 Å². The first-order chi connectivity index (χ1) is 23.8. The number of carbonyl (C=O) groups is 3. The van der Waals surface area contributed by atoms with Crippen molar-refractivity contribution in [2.45, 2.75) is 18.6 Å². The smallest absolute Gasteiger partial charge is 0.430 e. The Hall–Kier alpha value is -6.11. The van der Waals surface area contributed by atoms with E-state index in [0.29, 0.717) is 22.6 Å². The van der Waals surface area contributed by atoms with E-state index in [2.05, 4.69) is 5.32 Å². The molecular formula is C37H36F3N3O7. The average molecular weight is 692 g/mol. The van der Waals surface area contributed by atoms with Gasteiger partial charge in [0, 0.05) is 5.56 Å². The predicted molar refractivity (Wildman–Crippen MR) is 179 cm³/mol. The fourth-order valence-electron chi connectivity index (χ4n) is 4.77. The Balaban J connectivity index is 0.000000872. The molecule has 0 unspecified atom stereocenters. The van der Waals surface area contributed by atoms with E-state index in [9.17, 15) is 22.8 Å². The van der Waals surface area contributed by atoms with Gasteiger partial charge < -0.3 is 29.4 Å². The molecule has 1 amide bonds. The van der Waals surface area contributed by atoms with E-state index in [4.69, 9.17) is 35.3 Å². The van der Waals surface area contributed by atoms with E-state index in [1.54, 1.807) is 32.4 Å². The monoisotopic (exact) mass is 691 g/mol. The van der Waals surface area contributed by atoms with Gasteiger partial charge in [0.2, 0.25) is 0 Å². The van der Waals surface area contributed by atoms with Gasteiger partial charge >= 0.3 is 12.1 Å². The van der Waals surface area contributed by atoms with Crippen molar-refractivity contribution in [2.24, 2.45) is 11.7 Å². The summed E-state index contributed by atoms with van der Waals surface area (Å²) in [6, 6.07) is 29.2. The number of nitrogens with two attached hydrogens (primary N) is 2. The van der Waals surface area contributed by atoms with Crippen LogP contribution in [0.1, 0.15) is 27.0 Å². The summed E-state index contributed by atoms with van der Waals surface area (Å²) in [5.74, 6) is -3.09. The van der Waals surface area contributed by atoms with Crippen LogP contribution in [0.3, 0.4) is 0 Å². The minimum atomic E-state index is -5.19. The highest BCUT2D eigenvalue weighted by atomic mass is 19.4. The van der Waals surface area contributed by atoms with E-state index in [-0.39, 0.29) is 18.2 Å². The number of alkyl halides is 3. The zero-order valence-corrected chi connectivity index (χ0v) is 27.4. The van der Waals surface area contributed by atoms with Gasteiger partial charge in [-0.25, -0.2) is 0 Å². The van der Waals surface area contributed by atoms with Crippen molar-refractivity contribution < 1.29 is 52.3 Å². The van der Waals surface area contributed by atoms with Gasteiger partial charge in [0.25, 0.3) is 11.7 Å². The summed E-state index contributed by atoms with van der Waals surface area (Å²) in [5.41, 5.74) is 10.5. The van der Waals surface area contributed by atoms with Crippen LogP contribution in [-0.4, -0.2) is 57.2 Å². The van der Waals surface area contributed by atoms with E-state index in [1.165, 1.54) is 7.11 Å². The molecule has 262 valence electrons. The number of amides is 1. The number of carboxylic acids is 1. The van der Waals surface area contributed by atoms with Crippen LogP contribution < -0.4 is 31.0 Å². The van der Waals surface area contributed by atoms with Crippen molar-refractivity contribution in [1.82, 2.24) is 5.32 Å². The third kappa shape index (κ3) is 11.0. The molecule has 0 aliphatic rings. The third-order valence-electron chi connectivity index (χ3n) is 7.34. The first-order valence-electron chi connectivity index (χ1n) is 15.0. The van der Waals surface area contributed by atoms with Crippen molar-refractivity contribution in [2.75, 3.05) is 21.3 Å². The van der Waals surface area contributed by atoms with Crippen LogP contribution in [0.2, 0.25) is 0 Å². The van der Waals surface area contributed by atoms with Crippen LogP contribution in [0.15, 0.2) is 103 Å². The van der Waals surface area contributed by atoms with Gasteiger partial charge in [-0.3, -0.25) is 20.7 Å². The number of carbonyl (C=O) groups excluding carboxylic acids is 3. The SMILES string of the molecule is COC(=O)[C@H](Cc1cccc(C(N)=[NH2+])c1)[C@@H](/C=C/c1ccccc1)NC(=O)c1ccc(-c2ccc(OC)c(OC)c2)cc1.O=C([O-])C(F)(F)F. The average Bonchev–Trinajstić information content (AvgIpc) is 3.12. The molecule has 5 N–H and O–H groups in total. The molecule has 0 saturated heterocycles. The number of rotatable bonds is 12. The van der Waals surface area contributed by atoms with Crippen LogP contribution in [0.25, 0.3) is 17.2 Å². The molecule has 4 aromatic rings. The number of halogens is 3. The Morgan fingerprint density at radius 1 is 0.840 bits per heavy atom. The summed E-state index contributed by atoms with van der Waals surface area (Å²) >= 11 is 0.